The van der Waals surface area contributed by atoms with Crippen LogP contribution in [0, 0.1) is 6.92 Å². The lowest BCUT2D eigenvalue weighted by molar-refractivity contribution is -0.117. The molecule has 1 N–H and O–H groups in total. The maximum atomic E-state index is 12.3. The summed E-state index contributed by atoms with van der Waals surface area (Å²) in [5, 5.41) is 7.24. The molecule has 0 saturated carbocycles. The fourth-order valence-electron chi connectivity index (χ4n) is 2.90. The quantitative estimate of drug-likeness (QED) is 0.748. The van der Waals surface area contributed by atoms with Crippen molar-refractivity contribution in [3.8, 4) is 0 Å². The van der Waals surface area contributed by atoms with Crippen LogP contribution in [0.2, 0.25) is 0 Å². The minimum Gasteiger partial charge on any atom is -0.310 e. The van der Waals surface area contributed by atoms with Gasteiger partial charge in [-0.05, 0) is 26.8 Å². The van der Waals surface area contributed by atoms with Crippen molar-refractivity contribution >= 4 is 21.6 Å². The maximum absolute atomic E-state index is 12.3. The molecule has 1 fully saturated rings. The number of anilines is 1. The third-order valence-electron chi connectivity index (χ3n) is 3.99. The van der Waals surface area contributed by atoms with E-state index in [1.165, 1.54) is 0 Å². The fourth-order valence-corrected chi connectivity index (χ4v) is 4.60. The number of nitrogens with one attached hydrogen (secondary N) is 1. The van der Waals surface area contributed by atoms with Crippen molar-refractivity contribution in [2.45, 2.75) is 33.2 Å². The normalized spacial score (nSPS) is 19.6. The number of sulfone groups is 1. The van der Waals surface area contributed by atoms with Gasteiger partial charge in [0.2, 0.25) is 5.91 Å². The van der Waals surface area contributed by atoms with E-state index in [1.54, 1.807) is 10.7 Å². The van der Waals surface area contributed by atoms with Crippen LogP contribution < -0.4 is 5.32 Å². The molecule has 134 valence electrons. The first-order chi connectivity index (χ1) is 11.2. The molecule has 1 amide bonds. The van der Waals surface area contributed by atoms with Crippen LogP contribution in [-0.2, 0) is 14.6 Å². The fraction of sp³-hybridized carbons (Fsp3) is 0.625. The zero-order chi connectivity index (χ0) is 17.9. The smallest absolute Gasteiger partial charge is 0.239 e. The molecule has 0 bridgehead atoms. The molecular formula is C16H26N4O3S. The van der Waals surface area contributed by atoms with Gasteiger partial charge in [-0.15, -0.1) is 0 Å². The Bertz CT molecular complexity index is 724. The van der Waals surface area contributed by atoms with Crippen molar-refractivity contribution in [3.05, 3.63) is 23.9 Å². The number of likely N-dealkylation sites (N-methyl/N-ethyl adjacent to an activating group) is 1. The number of aryl methyl sites for hydroxylation is 1. The Morgan fingerprint density at radius 2 is 2.21 bits per heavy atom. The van der Waals surface area contributed by atoms with Gasteiger partial charge in [-0.25, -0.2) is 13.1 Å². The number of amides is 1. The van der Waals surface area contributed by atoms with Gasteiger partial charge in [0.05, 0.1) is 29.8 Å². The van der Waals surface area contributed by atoms with Gasteiger partial charge in [0.25, 0.3) is 0 Å². The summed E-state index contributed by atoms with van der Waals surface area (Å²) in [6.07, 6.45) is 0.531. The van der Waals surface area contributed by atoms with Crippen LogP contribution >= 0.6 is 0 Å². The summed E-state index contributed by atoms with van der Waals surface area (Å²) in [5.74, 6) is 0.672. The highest BCUT2D eigenvalue weighted by atomic mass is 32.2. The molecule has 1 saturated heterocycles. The summed E-state index contributed by atoms with van der Waals surface area (Å²) < 4.78 is 25.0. The standard InChI is InChI=1S/C16H26N4O3S/c1-5-19(9-12(2)3)10-16(21)17-15-8-13(4)18-20(15)14-6-7-24(22,23)11-14/h8,14H,2,5-7,9-11H2,1,3-4H3,(H,17,21). The first-order valence-electron chi connectivity index (χ1n) is 8.13. The number of rotatable bonds is 7. The maximum Gasteiger partial charge on any atom is 0.239 e. The van der Waals surface area contributed by atoms with Crippen LogP contribution in [0.25, 0.3) is 0 Å². The third kappa shape index (κ3) is 4.91. The molecule has 2 heterocycles. The van der Waals surface area contributed by atoms with Crippen molar-refractivity contribution in [1.82, 2.24) is 14.7 Å². The lowest BCUT2D eigenvalue weighted by Crippen LogP contribution is -2.34. The summed E-state index contributed by atoms with van der Waals surface area (Å²) in [4.78, 5) is 14.3. The Morgan fingerprint density at radius 3 is 2.75 bits per heavy atom. The van der Waals surface area contributed by atoms with Crippen LogP contribution in [0.3, 0.4) is 0 Å². The van der Waals surface area contributed by atoms with Crippen LogP contribution in [0.1, 0.15) is 32.0 Å². The second-order valence-corrected chi connectivity index (χ2v) is 8.71. The molecule has 0 aromatic carbocycles. The Balaban J connectivity index is 2.07. The molecule has 1 aromatic rings. The van der Waals surface area contributed by atoms with Gasteiger partial charge in [0.1, 0.15) is 5.82 Å². The van der Waals surface area contributed by atoms with E-state index in [-0.39, 0.29) is 30.0 Å². The van der Waals surface area contributed by atoms with Crippen LogP contribution in [-0.4, -0.2) is 60.1 Å². The lowest BCUT2D eigenvalue weighted by atomic mass is 10.3. The predicted octanol–water partition coefficient (Wildman–Crippen LogP) is 1.39. The molecule has 0 aliphatic carbocycles. The number of carbonyl (C=O) groups is 1. The Kier molecular flexibility index (Phi) is 5.82. The largest absolute Gasteiger partial charge is 0.310 e. The molecule has 0 radical (unpaired) electrons. The van der Waals surface area contributed by atoms with E-state index in [2.05, 4.69) is 17.0 Å². The van der Waals surface area contributed by atoms with Gasteiger partial charge in [-0.1, -0.05) is 19.1 Å². The van der Waals surface area contributed by atoms with Crippen molar-refractivity contribution in [2.24, 2.45) is 0 Å². The molecule has 24 heavy (non-hydrogen) atoms. The number of aromatic nitrogens is 2. The Labute approximate surface area is 143 Å². The summed E-state index contributed by atoms with van der Waals surface area (Å²) in [6.45, 7) is 11.3. The highest BCUT2D eigenvalue weighted by Crippen LogP contribution is 2.27. The minimum atomic E-state index is -3.01. The molecular weight excluding hydrogens is 328 g/mol. The van der Waals surface area contributed by atoms with Gasteiger partial charge in [0, 0.05) is 12.6 Å². The highest BCUT2D eigenvalue weighted by Gasteiger charge is 2.31. The summed E-state index contributed by atoms with van der Waals surface area (Å²) in [6, 6.07) is 1.56. The number of hydrogen-bond donors (Lipinski definition) is 1. The molecule has 1 aliphatic heterocycles. The molecule has 8 heteroatoms. The molecule has 7 nitrogen and oxygen atoms in total. The predicted molar refractivity (Wildman–Crippen MR) is 94.8 cm³/mol. The van der Waals surface area contributed by atoms with E-state index in [9.17, 15) is 13.2 Å². The molecule has 1 aliphatic rings. The van der Waals surface area contributed by atoms with Crippen molar-refractivity contribution in [2.75, 3.05) is 36.5 Å². The van der Waals surface area contributed by atoms with E-state index in [0.29, 0.717) is 18.8 Å². The molecule has 1 atom stereocenters. The van der Waals surface area contributed by atoms with Crippen molar-refractivity contribution < 1.29 is 13.2 Å². The topological polar surface area (TPSA) is 84.3 Å². The van der Waals surface area contributed by atoms with E-state index in [4.69, 9.17) is 0 Å². The first-order valence-corrected chi connectivity index (χ1v) is 9.95. The van der Waals surface area contributed by atoms with Gasteiger partial charge in [0.15, 0.2) is 9.84 Å². The summed E-state index contributed by atoms with van der Waals surface area (Å²) in [5.41, 5.74) is 1.76. The van der Waals surface area contributed by atoms with E-state index in [0.717, 1.165) is 17.8 Å². The third-order valence-corrected chi connectivity index (χ3v) is 5.74. The van der Waals surface area contributed by atoms with Gasteiger partial charge < -0.3 is 5.32 Å². The van der Waals surface area contributed by atoms with Crippen LogP contribution in [0.15, 0.2) is 18.2 Å². The Hall–Kier alpha value is -1.67. The number of carbonyl (C=O) groups excluding carboxylic acids is 1. The van der Waals surface area contributed by atoms with E-state index < -0.39 is 9.84 Å². The zero-order valence-corrected chi connectivity index (χ0v) is 15.4. The second kappa shape index (κ2) is 7.48. The van der Waals surface area contributed by atoms with Crippen LogP contribution in [0.5, 0.6) is 0 Å². The SMILES string of the molecule is C=C(C)CN(CC)CC(=O)Nc1cc(C)nn1C1CCS(=O)(=O)C1. The van der Waals surface area contributed by atoms with Gasteiger partial charge in [-0.3, -0.25) is 9.69 Å². The average molecular weight is 354 g/mol. The molecule has 0 spiro atoms. The molecule has 1 unspecified atom stereocenters. The van der Waals surface area contributed by atoms with Crippen LogP contribution in [0.4, 0.5) is 5.82 Å². The zero-order valence-electron chi connectivity index (χ0n) is 14.6. The average Bonchev–Trinajstić information content (AvgIpc) is 2.99. The summed E-state index contributed by atoms with van der Waals surface area (Å²) in [7, 11) is -3.01. The number of nitrogens with zero attached hydrogens (tertiary/aromatic N) is 3. The molecule has 2 rings (SSSR count). The highest BCUT2D eigenvalue weighted by molar-refractivity contribution is 7.91. The first kappa shape index (κ1) is 18.7. The van der Waals surface area contributed by atoms with Gasteiger partial charge >= 0.3 is 0 Å². The second-order valence-electron chi connectivity index (χ2n) is 6.48. The van der Waals surface area contributed by atoms with Crippen molar-refractivity contribution in [3.63, 3.8) is 0 Å². The van der Waals surface area contributed by atoms with Gasteiger partial charge in [-0.2, -0.15) is 5.10 Å². The van der Waals surface area contributed by atoms with Crippen molar-refractivity contribution in [1.29, 1.82) is 0 Å². The van der Waals surface area contributed by atoms with E-state index in [1.807, 2.05) is 25.7 Å². The minimum absolute atomic E-state index is 0.0771. The number of hydrogen-bond acceptors (Lipinski definition) is 5. The lowest BCUT2D eigenvalue weighted by Gasteiger charge is -2.20. The summed E-state index contributed by atoms with van der Waals surface area (Å²) >= 11 is 0. The van der Waals surface area contributed by atoms with E-state index >= 15 is 0 Å². The Morgan fingerprint density at radius 1 is 1.50 bits per heavy atom. The monoisotopic (exact) mass is 354 g/mol. The molecule has 1 aromatic heterocycles.